The number of hydrogen-bond donors (Lipinski definition) is 1. The first kappa shape index (κ1) is 16.6. The van der Waals surface area contributed by atoms with Gasteiger partial charge >= 0.3 is 0 Å². The number of rotatable bonds is 9. The van der Waals surface area contributed by atoms with Crippen LogP contribution in [0.5, 0.6) is 0 Å². The summed E-state index contributed by atoms with van der Waals surface area (Å²) in [7, 11) is 0. The van der Waals surface area contributed by atoms with Gasteiger partial charge in [-0.05, 0) is 13.3 Å². The summed E-state index contributed by atoms with van der Waals surface area (Å²) in [4.78, 5) is 0. The van der Waals surface area contributed by atoms with Crippen LogP contribution in [0.2, 0.25) is 0 Å². The highest BCUT2D eigenvalue weighted by atomic mass is 16.6. The molecule has 1 saturated heterocycles. The van der Waals surface area contributed by atoms with Crippen molar-refractivity contribution in [3.05, 3.63) is 19.6 Å². The summed E-state index contributed by atoms with van der Waals surface area (Å²) in [6, 6.07) is 0. The average molecular weight is 245 g/mol. The molecule has 1 N–H and O–H groups in total. The van der Waals surface area contributed by atoms with Gasteiger partial charge in [0.05, 0.1) is 32.5 Å². The number of epoxide rings is 1. The maximum Gasteiger partial charge on any atom is 0.101 e. The molecule has 101 valence electrons. The second kappa shape index (κ2) is 12.0. The fourth-order valence-electron chi connectivity index (χ4n) is 0.869. The molecule has 2 unspecified atom stereocenters. The van der Waals surface area contributed by atoms with Crippen LogP contribution in [-0.2, 0) is 14.2 Å². The standard InChI is InChI=1S/C10H20O3.C3H5O/c1-3-5-7-13-9-10(11)8-12-6-4-2;1-3-2-4-3/h4,10-11H,2-3,5-9H2,1H3;3H,1-2H2. The van der Waals surface area contributed by atoms with Crippen molar-refractivity contribution in [1.29, 1.82) is 0 Å². The summed E-state index contributed by atoms with van der Waals surface area (Å²) in [6.45, 7) is 11.9. The van der Waals surface area contributed by atoms with Crippen molar-refractivity contribution in [2.75, 3.05) is 33.0 Å². The minimum atomic E-state index is -0.517. The fraction of sp³-hybridized carbons (Fsp3) is 0.769. The van der Waals surface area contributed by atoms with Crippen LogP contribution >= 0.6 is 0 Å². The van der Waals surface area contributed by atoms with Gasteiger partial charge in [-0.15, -0.1) is 6.58 Å². The molecule has 1 rings (SSSR count). The van der Waals surface area contributed by atoms with E-state index in [2.05, 4.69) is 25.2 Å². The summed E-state index contributed by atoms with van der Waals surface area (Å²) < 4.78 is 14.9. The van der Waals surface area contributed by atoms with Crippen molar-refractivity contribution in [3.8, 4) is 0 Å². The average Bonchev–Trinajstić information content (AvgIpc) is 3.08. The van der Waals surface area contributed by atoms with Crippen LogP contribution in [0.15, 0.2) is 12.7 Å². The van der Waals surface area contributed by atoms with E-state index < -0.39 is 6.10 Å². The summed E-state index contributed by atoms with van der Waals surface area (Å²) in [6.07, 6.45) is 3.63. The Labute approximate surface area is 105 Å². The molecule has 0 aromatic carbocycles. The van der Waals surface area contributed by atoms with E-state index in [1.54, 1.807) is 6.08 Å². The minimum absolute atomic E-state index is 0.318. The highest BCUT2D eigenvalue weighted by molar-refractivity contribution is 4.69. The lowest BCUT2D eigenvalue weighted by Crippen LogP contribution is -2.22. The molecule has 1 aliphatic rings. The van der Waals surface area contributed by atoms with Gasteiger partial charge in [0.25, 0.3) is 0 Å². The lowest BCUT2D eigenvalue weighted by molar-refractivity contribution is -0.0134. The topological polar surface area (TPSA) is 51.2 Å². The summed E-state index contributed by atoms with van der Waals surface area (Å²) in [5, 5.41) is 9.29. The molecule has 0 spiro atoms. The normalized spacial score (nSPS) is 19.1. The van der Waals surface area contributed by atoms with Gasteiger partial charge in [-0.25, -0.2) is 0 Å². The highest BCUT2D eigenvalue weighted by Gasteiger charge is 2.13. The Morgan fingerprint density at radius 1 is 1.47 bits per heavy atom. The molecule has 0 saturated carbocycles. The second-order valence-corrected chi connectivity index (χ2v) is 3.86. The van der Waals surface area contributed by atoms with Crippen molar-refractivity contribution in [2.45, 2.75) is 32.0 Å². The smallest absolute Gasteiger partial charge is 0.101 e. The zero-order valence-electron chi connectivity index (χ0n) is 10.8. The maximum absolute atomic E-state index is 9.29. The first-order valence-electron chi connectivity index (χ1n) is 6.09. The van der Waals surface area contributed by atoms with Gasteiger partial charge in [0.2, 0.25) is 0 Å². The Morgan fingerprint density at radius 3 is 2.53 bits per heavy atom. The third-order valence-electron chi connectivity index (χ3n) is 1.90. The first-order valence-corrected chi connectivity index (χ1v) is 6.09. The largest absolute Gasteiger partial charge is 0.388 e. The van der Waals surface area contributed by atoms with E-state index >= 15 is 0 Å². The predicted octanol–water partition coefficient (Wildman–Crippen LogP) is 1.59. The van der Waals surface area contributed by atoms with E-state index in [4.69, 9.17) is 9.47 Å². The van der Waals surface area contributed by atoms with E-state index in [-0.39, 0.29) is 0 Å². The van der Waals surface area contributed by atoms with E-state index in [0.29, 0.717) is 25.9 Å². The molecule has 4 heteroatoms. The molecule has 0 aliphatic carbocycles. The molecule has 0 bridgehead atoms. The third-order valence-corrected chi connectivity index (χ3v) is 1.90. The van der Waals surface area contributed by atoms with Gasteiger partial charge < -0.3 is 19.3 Å². The van der Waals surface area contributed by atoms with E-state index in [1.165, 1.54) is 0 Å². The van der Waals surface area contributed by atoms with Crippen LogP contribution in [0, 0.1) is 6.92 Å². The molecule has 1 aliphatic heterocycles. The van der Waals surface area contributed by atoms with Crippen LogP contribution in [-0.4, -0.2) is 50.3 Å². The van der Waals surface area contributed by atoms with Gasteiger partial charge in [0, 0.05) is 6.61 Å². The zero-order valence-corrected chi connectivity index (χ0v) is 10.8. The Hall–Kier alpha value is -0.420. The number of aliphatic hydroxyl groups excluding tert-OH is 1. The molecule has 17 heavy (non-hydrogen) atoms. The summed E-state index contributed by atoms with van der Waals surface area (Å²) >= 11 is 0. The number of aliphatic hydroxyl groups is 1. The van der Waals surface area contributed by atoms with Crippen LogP contribution in [0.4, 0.5) is 0 Å². The lowest BCUT2D eigenvalue weighted by Gasteiger charge is -2.10. The second-order valence-electron chi connectivity index (χ2n) is 3.86. The number of ether oxygens (including phenoxy) is 3. The molecular weight excluding hydrogens is 220 g/mol. The van der Waals surface area contributed by atoms with Crippen molar-refractivity contribution in [1.82, 2.24) is 0 Å². The number of unbranched alkanes of at least 4 members (excludes halogenated alkanes) is 1. The first-order chi connectivity index (χ1) is 8.20. The van der Waals surface area contributed by atoms with Crippen molar-refractivity contribution < 1.29 is 19.3 Å². The van der Waals surface area contributed by atoms with Gasteiger partial charge in [0.1, 0.15) is 6.10 Å². The van der Waals surface area contributed by atoms with Gasteiger partial charge in [0.15, 0.2) is 0 Å². The van der Waals surface area contributed by atoms with E-state index in [1.807, 2.05) is 0 Å². The monoisotopic (exact) mass is 245 g/mol. The molecule has 0 aromatic heterocycles. The van der Waals surface area contributed by atoms with Crippen LogP contribution in [0.25, 0.3) is 0 Å². The van der Waals surface area contributed by atoms with E-state index in [9.17, 15) is 5.11 Å². The van der Waals surface area contributed by atoms with Crippen molar-refractivity contribution in [3.63, 3.8) is 0 Å². The summed E-state index contributed by atoms with van der Waals surface area (Å²) in [5.41, 5.74) is 0. The number of hydrogen-bond acceptors (Lipinski definition) is 4. The zero-order chi connectivity index (χ0) is 12.9. The third kappa shape index (κ3) is 15.6. The van der Waals surface area contributed by atoms with Gasteiger partial charge in [-0.2, -0.15) is 0 Å². The molecule has 0 amide bonds. The molecular formula is C13H25O4. The molecule has 1 radical (unpaired) electrons. The predicted molar refractivity (Wildman–Crippen MR) is 67.8 cm³/mol. The van der Waals surface area contributed by atoms with Crippen molar-refractivity contribution in [2.24, 2.45) is 0 Å². The van der Waals surface area contributed by atoms with Crippen molar-refractivity contribution >= 4 is 0 Å². The summed E-state index contributed by atoms with van der Waals surface area (Å²) in [5.74, 6) is 0. The quantitative estimate of drug-likeness (QED) is 0.381. The Balaban J connectivity index is 0.000000529. The minimum Gasteiger partial charge on any atom is -0.388 e. The Morgan fingerprint density at radius 2 is 2.06 bits per heavy atom. The van der Waals surface area contributed by atoms with Gasteiger partial charge in [-0.1, -0.05) is 19.4 Å². The van der Waals surface area contributed by atoms with E-state index in [0.717, 1.165) is 26.1 Å². The fourth-order valence-corrected chi connectivity index (χ4v) is 0.869. The van der Waals surface area contributed by atoms with Gasteiger partial charge in [-0.3, -0.25) is 0 Å². The highest BCUT2D eigenvalue weighted by Crippen LogP contribution is 2.03. The molecule has 4 nitrogen and oxygen atoms in total. The molecule has 0 aromatic rings. The Bertz CT molecular complexity index is 169. The lowest BCUT2D eigenvalue weighted by atomic mass is 10.3. The Kier molecular flexibility index (Phi) is 11.8. The maximum atomic E-state index is 9.29. The molecule has 1 fully saturated rings. The molecule has 2 atom stereocenters. The molecule has 1 heterocycles. The van der Waals surface area contributed by atoms with Crippen LogP contribution in [0.3, 0.4) is 0 Å². The van der Waals surface area contributed by atoms with Crippen LogP contribution in [0.1, 0.15) is 19.8 Å². The SMILES string of the molecule is C=CCOCC(O)COCCCC.[CH2]C1CO1. The van der Waals surface area contributed by atoms with Crippen LogP contribution < -0.4 is 0 Å².